The number of methoxy groups -OCH3 is 1. The molecular weight excluding hydrogens is 340 g/mol. The van der Waals surface area contributed by atoms with Gasteiger partial charge in [0.1, 0.15) is 18.8 Å². The molecule has 0 radical (unpaired) electrons. The lowest BCUT2D eigenvalue weighted by molar-refractivity contribution is -0.301. The van der Waals surface area contributed by atoms with E-state index in [0.29, 0.717) is 0 Å². The van der Waals surface area contributed by atoms with Gasteiger partial charge in [0.2, 0.25) is 6.29 Å². The van der Waals surface area contributed by atoms with Gasteiger partial charge in [0, 0.05) is 34.8 Å². The van der Waals surface area contributed by atoms with Gasteiger partial charge in [-0.2, -0.15) is 0 Å². The Morgan fingerprint density at radius 1 is 0.760 bits per heavy atom. The molecule has 142 valence electrons. The van der Waals surface area contributed by atoms with Gasteiger partial charge in [-0.1, -0.05) is 0 Å². The van der Waals surface area contributed by atoms with E-state index in [1.807, 2.05) is 0 Å². The zero-order chi connectivity index (χ0) is 19.1. The standard InChI is InChI=1S/C15H22O10/c1-7(16)21-6-11-12(22-8(2)17)13(20-5)14(23-9(3)18)15(25-11)24-10(4)19/h11-15H,6H2,1-5H3/t11-,12-,13+,14-,15?/m1/s1. The summed E-state index contributed by atoms with van der Waals surface area (Å²) in [5.74, 6) is -2.58. The van der Waals surface area contributed by atoms with Gasteiger partial charge in [-0.3, -0.25) is 19.2 Å². The van der Waals surface area contributed by atoms with Gasteiger partial charge >= 0.3 is 23.9 Å². The Bertz CT molecular complexity index is 516. The Balaban J connectivity index is 3.14. The molecule has 0 amide bonds. The number of hydrogen-bond acceptors (Lipinski definition) is 10. The topological polar surface area (TPSA) is 124 Å². The minimum atomic E-state index is -1.32. The van der Waals surface area contributed by atoms with Gasteiger partial charge in [0.15, 0.2) is 12.2 Å². The summed E-state index contributed by atoms with van der Waals surface area (Å²) < 4.78 is 31.1. The predicted octanol–water partition coefficient (Wildman–Crippen LogP) is -0.284. The normalized spacial score (nSPS) is 28.6. The number of carbonyl (C=O) groups excluding carboxylic acids is 4. The highest BCUT2D eigenvalue weighted by Gasteiger charge is 2.52. The van der Waals surface area contributed by atoms with Crippen LogP contribution in [-0.4, -0.2) is 68.3 Å². The van der Waals surface area contributed by atoms with Gasteiger partial charge in [0.05, 0.1) is 0 Å². The van der Waals surface area contributed by atoms with Crippen molar-refractivity contribution in [1.29, 1.82) is 0 Å². The second-order valence-electron chi connectivity index (χ2n) is 5.30. The van der Waals surface area contributed by atoms with E-state index in [4.69, 9.17) is 28.4 Å². The number of hydrogen-bond donors (Lipinski definition) is 0. The fourth-order valence-electron chi connectivity index (χ4n) is 2.39. The van der Waals surface area contributed by atoms with Crippen LogP contribution in [0.25, 0.3) is 0 Å². The van der Waals surface area contributed by atoms with Gasteiger partial charge in [-0.15, -0.1) is 0 Å². The molecule has 0 saturated carbocycles. The zero-order valence-corrected chi connectivity index (χ0v) is 14.7. The van der Waals surface area contributed by atoms with E-state index in [2.05, 4.69) is 0 Å². The molecule has 10 heteroatoms. The van der Waals surface area contributed by atoms with E-state index in [-0.39, 0.29) is 6.61 Å². The summed E-state index contributed by atoms with van der Waals surface area (Å²) in [6, 6.07) is 0. The Morgan fingerprint density at radius 2 is 1.28 bits per heavy atom. The molecule has 1 heterocycles. The maximum absolute atomic E-state index is 11.4. The Hall–Kier alpha value is -2.20. The minimum Gasteiger partial charge on any atom is -0.463 e. The van der Waals surface area contributed by atoms with Gasteiger partial charge in [0.25, 0.3) is 0 Å². The lowest BCUT2D eigenvalue weighted by Gasteiger charge is -2.43. The Labute approximate surface area is 144 Å². The maximum Gasteiger partial charge on any atom is 0.305 e. The Kier molecular flexibility index (Phi) is 7.78. The van der Waals surface area contributed by atoms with Crippen LogP contribution in [0.5, 0.6) is 0 Å². The lowest BCUT2D eigenvalue weighted by atomic mass is 9.98. The molecule has 10 nitrogen and oxygen atoms in total. The first-order valence-corrected chi connectivity index (χ1v) is 7.49. The molecule has 0 aromatic heterocycles. The molecule has 1 aliphatic rings. The average Bonchev–Trinajstić information content (AvgIpc) is 2.46. The number of ether oxygens (including phenoxy) is 6. The first-order valence-electron chi connectivity index (χ1n) is 7.49. The molecule has 1 saturated heterocycles. The highest BCUT2D eigenvalue weighted by atomic mass is 16.7. The summed E-state index contributed by atoms with van der Waals surface area (Å²) in [6.45, 7) is 4.40. The first kappa shape index (κ1) is 20.8. The van der Waals surface area contributed by atoms with Crippen molar-refractivity contribution in [3.8, 4) is 0 Å². The first-order chi connectivity index (χ1) is 11.6. The van der Waals surface area contributed by atoms with Crippen molar-refractivity contribution < 1.29 is 47.6 Å². The summed E-state index contributed by atoms with van der Waals surface area (Å²) >= 11 is 0. The molecule has 0 bridgehead atoms. The van der Waals surface area contributed by atoms with Gasteiger partial charge < -0.3 is 28.4 Å². The number of rotatable bonds is 6. The van der Waals surface area contributed by atoms with Gasteiger partial charge in [-0.25, -0.2) is 0 Å². The average molecular weight is 362 g/mol. The van der Waals surface area contributed by atoms with Crippen molar-refractivity contribution in [2.24, 2.45) is 0 Å². The predicted molar refractivity (Wildman–Crippen MR) is 79.0 cm³/mol. The second-order valence-corrected chi connectivity index (χ2v) is 5.30. The molecule has 1 fully saturated rings. The van der Waals surface area contributed by atoms with Crippen LogP contribution < -0.4 is 0 Å². The van der Waals surface area contributed by atoms with Crippen molar-refractivity contribution in [2.75, 3.05) is 13.7 Å². The molecule has 1 aliphatic heterocycles. The van der Waals surface area contributed by atoms with Crippen LogP contribution in [0.15, 0.2) is 0 Å². The van der Waals surface area contributed by atoms with Gasteiger partial charge in [-0.05, 0) is 0 Å². The van der Waals surface area contributed by atoms with Crippen LogP contribution in [0, 0.1) is 0 Å². The summed E-state index contributed by atoms with van der Waals surface area (Å²) in [7, 11) is 1.30. The lowest BCUT2D eigenvalue weighted by Crippen LogP contribution is -2.62. The van der Waals surface area contributed by atoms with Crippen LogP contribution in [-0.2, 0) is 47.6 Å². The monoisotopic (exact) mass is 362 g/mol. The summed E-state index contributed by atoms with van der Waals surface area (Å²) in [6.07, 6.45) is -5.55. The number of carbonyl (C=O) groups is 4. The zero-order valence-electron chi connectivity index (χ0n) is 14.7. The van der Waals surface area contributed by atoms with Crippen molar-refractivity contribution in [3.05, 3.63) is 0 Å². The second kappa shape index (κ2) is 9.33. The summed E-state index contributed by atoms with van der Waals surface area (Å²) in [4.78, 5) is 45.2. The SMILES string of the molecule is CO[C@H]1[C@H](OC(C)=O)[C@@H](COC(C)=O)OC(OC(C)=O)[C@@H]1OC(C)=O. The molecule has 0 aromatic rings. The third kappa shape index (κ3) is 6.31. The van der Waals surface area contributed by atoms with Crippen LogP contribution in [0.3, 0.4) is 0 Å². The van der Waals surface area contributed by atoms with Crippen LogP contribution in [0.2, 0.25) is 0 Å². The van der Waals surface area contributed by atoms with Crippen molar-refractivity contribution in [3.63, 3.8) is 0 Å². The van der Waals surface area contributed by atoms with Crippen molar-refractivity contribution in [1.82, 2.24) is 0 Å². The molecule has 1 unspecified atom stereocenters. The molecule has 1 rings (SSSR count). The van der Waals surface area contributed by atoms with E-state index in [9.17, 15) is 19.2 Å². The van der Waals surface area contributed by atoms with E-state index in [0.717, 1.165) is 13.8 Å². The maximum atomic E-state index is 11.4. The highest BCUT2D eigenvalue weighted by Crippen LogP contribution is 2.29. The fraction of sp³-hybridized carbons (Fsp3) is 0.733. The fourth-order valence-corrected chi connectivity index (χ4v) is 2.39. The summed E-state index contributed by atoms with van der Waals surface area (Å²) in [5, 5.41) is 0. The van der Waals surface area contributed by atoms with E-state index < -0.39 is 54.6 Å². The third-order valence-electron chi connectivity index (χ3n) is 3.20. The van der Waals surface area contributed by atoms with Crippen LogP contribution in [0.4, 0.5) is 0 Å². The molecule has 0 aromatic carbocycles. The molecule has 0 N–H and O–H groups in total. The Morgan fingerprint density at radius 3 is 1.72 bits per heavy atom. The molecular formula is C15H22O10. The molecule has 0 spiro atoms. The van der Waals surface area contributed by atoms with Crippen molar-refractivity contribution in [2.45, 2.75) is 58.4 Å². The molecule has 0 aliphatic carbocycles. The molecule has 25 heavy (non-hydrogen) atoms. The van der Waals surface area contributed by atoms with Crippen LogP contribution in [0.1, 0.15) is 27.7 Å². The van der Waals surface area contributed by atoms with Crippen molar-refractivity contribution >= 4 is 23.9 Å². The van der Waals surface area contributed by atoms with E-state index in [1.165, 1.54) is 21.0 Å². The quantitative estimate of drug-likeness (QED) is 0.460. The largest absolute Gasteiger partial charge is 0.463 e. The van der Waals surface area contributed by atoms with Crippen LogP contribution >= 0.6 is 0 Å². The summed E-state index contributed by atoms with van der Waals surface area (Å²) in [5.41, 5.74) is 0. The molecule has 5 atom stereocenters. The highest BCUT2D eigenvalue weighted by molar-refractivity contribution is 5.68. The van der Waals surface area contributed by atoms with E-state index >= 15 is 0 Å². The third-order valence-corrected chi connectivity index (χ3v) is 3.20. The minimum absolute atomic E-state index is 0.280. The smallest absolute Gasteiger partial charge is 0.305 e. The van der Waals surface area contributed by atoms with E-state index in [1.54, 1.807) is 0 Å². The number of esters is 4.